The van der Waals surface area contributed by atoms with Gasteiger partial charge in [-0.1, -0.05) is 6.58 Å². The molecule has 1 rings (SSSR count). The predicted octanol–water partition coefficient (Wildman–Crippen LogP) is -3.98. The summed E-state index contributed by atoms with van der Waals surface area (Å²) in [6.45, 7) is 5.91. The van der Waals surface area contributed by atoms with Crippen molar-refractivity contribution in [3.63, 3.8) is 0 Å². The number of allylic oxidation sites excluding steroid dienone is 1. The van der Waals surface area contributed by atoms with Gasteiger partial charge in [0.1, 0.15) is 0 Å². The minimum atomic E-state index is 0.538. The fourth-order valence-corrected chi connectivity index (χ4v) is 3.86. The van der Waals surface area contributed by atoms with Crippen LogP contribution < -0.4 is 22.1 Å². The molecule has 0 fully saturated rings. The van der Waals surface area contributed by atoms with E-state index in [9.17, 15) is 0 Å². The van der Waals surface area contributed by atoms with Gasteiger partial charge in [-0.15, -0.1) is 0 Å². The van der Waals surface area contributed by atoms with E-state index in [1.807, 2.05) is 6.92 Å². The van der Waals surface area contributed by atoms with Gasteiger partial charge in [-0.05, 0) is 12.5 Å². The normalized spacial score (nSPS) is 10.6. The summed E-state index contributed by atoms with van der Waals surface area (Å²) >= 11 is 0. The molecule has 0 aliphatic carbocycles. The van der Waals surface area contributed by atoms with Crippen molar-refractivity contribution in [2.24, 2.45) is 0 Å². The van der Waals surface area contributed by atoms with Crippen LogP contribution in [0.3, 0.4) is 0 Å². The quantitative estimate of drug-likeness (QED) is 0.491. The third kappa shape index (κ3) is 2.81. The summed E-state index contributed by atoms with van der Waals surface area (Å²) in [5, 5.41) is 0. The Kier molecular flexibility index (Phi) is 5.93. The zero-order chi connectivity index (χ0) is 14.6. The molecule has 0 aliphatic rings. The highest BCUT2D eigenvalue weighted by Gasteiger charge is 2.26. The molecule has 106 valence electrons. The maximum atomic E-state index is 5.62. The number of hydrogen-bond acceptors (Lipinski definition) is 5. The Morgan fingerprint density at radius 1 is 0.684 bits per heavy atom. The number of hydrogen-bond donors (Lipinski definition) is 0. The lowest BCUT2D eigenvalue weighted by Gasteiger charge is -2.23. The van der Waals surface area contributed by atoms with Crippen molar-refractivity contribution >= 4 is 58.0 Å². The molecule has 0 aliphatic heterocycles. The van der Waals surface area contributed by atoms with Crippen LogP contribution in [0.2, 0.25) is 0 Å². The molecule has 0 amide bonds. The van der Waals surface area contributed by atoms with Crippen molar-refractivity contribution in [2.45, 2.75) is 6.92 Å². The van der Waals surface area contributed by atoms with Crippen molar-refractivity contribution in [1.29, 1.82) is 0 Å². The van der Waals surface area contributed by atoms with Gasteiger partial charge in [0.25, 0.3) is 0 Å². The van der Waals surface area contributed by atoms with Gasteiger partial charge in [-0.3, -0.25) is 0 Å². The minimum absolute atomic E-state index is 0.538. The molecule has 0 atom stereocenters. The molecule has 1 aromatic carbocycles. The first-order chi connectivity index (χ1) is 9.06. The topological polar surface area (TPSA) is 46.2 Å². The van der Waals surface area contributed by atoms with E-state index in [4.69, 9.17) is 22.1 Å². The molecule has 0 saturated heterocycles. The molecular weight excluding hydrogens is 329 g/mol. The fourth-order valence-electron chi connectivity index (χ4n) is 1.97. The van der Waals surface area contributed by atoms with Crippen molar-refractivity contribution in [3.05, 3.63) is 12.1 Å². The van der Waals surface area contributed by atoms with Gasteiger partial charge in [0.05, 0.1) is 5.56 Å². The molecule has 1 aromatic rings. The summed E-state index contributed by atoms with van der Waals surface area (Å²) in [6.07, 6.45) is 0. The van der Waals surface area contributed by atoms with E-state index in [0.717, 1.165) is 11.1 Å². The highest BCUT2D eigenvalue weighted by Crippen LogP contribution is 2.54. The lowest BCUT2D eigenvalue weighted by Crippen LogP contribution is -2.06. The molecule has 19 heavy (non-hydrogen) atoms. The van der Waals surface area contributed by atoms with Gasteiger partial charge in [0.15, 0.2) is 28.7 Å². The van der Waals surface area contributed by atoms with Gasteiger partial charge in [-0.25, -0.2) is 0 Å². The van der Waals surface area contributed by atoms with Crippen molar-refractivity contribution in [1.82, 2.24) is 0 Å². The van der Waals surface area contributed by atoms with Crippen molar-refractivity contribution in [2.75, 3.05) is 0 Å². The van der Waals surface area contributed by atoms with Crippen molar-refractivity contribution < 1.29 is 22.1 Å². The molecule has 0 spiro atoms. The number of rotatable bonds is 6. The summed E-state index contributed by atoms with van der Waals surface area (Å²) in [5.41, 5.74) is 1.68. The van der Waals surface area contributed by atoms with Crippen LogP contribution in [0.4, 0.5) is 0 Å². The van der Waals surface area contributed by atoms with Crippen molar-refractivity contribution in [3.8, 4) is 28.7 Å². The van der Waals surface area contributed by atoms with Crippen LogP contribution in [0.25, 0.3) is 5.57 Å². The Balaban J connectivity index is 3.85. The summed E-state index contributed by atoms with van der Waals surface area (Å²) < 4.78 is 27.9. The lowest BCUT2D eigenvalue weighted by molar-refractivity contribution is 0.460. The third-order valence-electron chi connectivity index (χ3n) is 2.73. The monoisotopic (exact) mass is 348 g/mol. The maximum absolute atomic E-state index is 5.62. The molecule has 0 aromatic heterocycles. The summed E-state index contributed by atoms with van der Waals surface area (Å²) in [4.78, 5) is 0. The molecule has 0 radical (unpaired) electrons. The van der Waals surface area contributed by atoms with Gasteiger partial charge in [0, 0.05) is 0 Å². The van der Waals surface area contributed by atoms with Gasteiger partial charge < -0.3 is 22.1 Å². The highest BCUT2D eigenvalue weighted by atomic mass is 28.2. The third-order valence-corrected chi connectivity index (χ3v) is 4.77. The van der Waals surface area contributed by atoms with Crippen LogP contribution in [-0.4, -0.2) is 52.4 Å². The Labute approximate surface area is 128 Å². The molecule has 0 unspecified atom stereocenters. The van der Waals surface area contributed by atoms with E-state index in [2.05, 4.69) is 6.58 Å². The molecule has 0 bridgehead atoms. The zero-order valence-electron chi connectivity index (χ0n) is 12.2. The average molecular weight is 349 g/mol. The lowest BCUT2D eigenvalue weighted by atomic mass is 10.0. The first-order valence-electron chi connectivity index (χ1n) is 5.67. The average Bonchev–Trinajstić information content (AvgIpc) is 2.43. The van der Waals surface area contributed by atoms with Gasteiger partial charge in [0.2, 0.25) is 52.4 Å². The summed E-state index contributed by atoms with van der Waals surface area (Å²) in [7, 11) is 2.72. The Morgan fingerprint density at radius 3 is 1.16 bits per heavy atom. The van der Waals surface area contributed by atoms with Crippen LogP contribution in [0, 0.1) is 0 Å². The van der Waals surface area contributed by atoms with Crippen LogP contribution in [-0.2, 0) is 0 Å². The Hall–Kier alpha value is -0.956. The fraction of sp³-hybridized carbons (Fsp3) is 0.111. The number of benzene rings is 1. The second kappa shape index (κ2) is 7.00. The second-order valence-electron chi connectivity index (χ2n) is 3.82. The predicted molar refractivity (Wildman–Crippen MR) is 94.0 cm³/mol. The van der Waals surface area contributed by atoms with E-state index in [1.165, 1.54) is 0 Å². The largest absolute Gasteiger partial charge is 0.550 e. The van der Waals surface area contributed by atoms with Crippen LogP contribution in [0.1, 0.15) is 12.5 Å². The first kappa shape index (κ1) is 16.1. The second-order valence-corrected chi connectivity index (χ2v) is 5.86. The molecule has 0 saturated carbocycles. The van der Waals surface area contributed by atoms with E-state index >= 15 is 0 Å². The molecule has 0 heterocycles. The van der Waals surface area contributed by atoms with E-state index in [-0.39, 0.29) is 0 Å². The summed E-state index contributed by atoms with van der Waals surface area (Å²) in [6, 6.07) is 0. The Bertz CT molecular complexity index is 459. The molecule has 5 nitrogen and oxygen atoms in total. The Morgan fingerprint density at radius 2 is 0.947 bits per heavy atom. The van der Waals surface area contributed by atoms with Crippen LogP contribution in [0.5, 0.6) is 28.7 Å². The highest BCUT2D eigenvalue weighted by molar-refractivity contribution is 6.08. The first-order valence-corrected chi connectivity index (χ1v) is 9.75. The molecule has 0 N–H and O–H groups in total. The van der Waals surface area contributed by atoms with Gasteiger partial charge in [-0.2, -0.15) is 0 Å². The van der Waals surface area contributed by atoms with E-state index in [0.29, 0.717) is 81.2 Å². The SMILES string of the molecule is C=C(C)c1c(O[SiH3])c(O[SiH3])c(O[SiH3])c(O[SiH3])c1O[SiH3]. The van der Waals surface area contributed by atoms with E-state index < -0.39 is 0 Å². The standard InChI is InChI=1S/C9H20O5Si5/c1-3(2)4-5(10-15)7(12-17)9(14-19)8(13-18)6(4)11-16/h1H2,2,15-19H3. The molecular formula is C9H20O5Si5. The van der Waals surface area contributed by atoms with Crippen LogP contribution in [0.15, 0.2) is 6.58 Å². The minimum Gasteiger partial charge on any atom is -0.550 e. The maximum Gasteiger partial charge on any atom is 0.204 e. The van der Waals surface area contributed by atoms with E-state index in [1.54, 1.807) is 0 Å². The molecule has 10 heteroatoms. The van der Waals surface area contributed by atoms with Gasteiger partial charge >= 0.3 is 0 Å². The summed E-state index contributed by atoms with van der Waals surface area (Å²) in [5.74, 6) is 3.14. The zero-order valence-corrected chi connectivity index (χ0v) is 22.2. The smallest absolute Gasteiger partial charge is 0.204 e. The van der Waals surface area contributed by atoms with Crippen LogP contribution >= 0.6 is 0 Å².